The molecule has 0 aromatic carbocycles. The van der Waals surface area contributed by atoms with Crippen LogP contribution in [0.3, 0.4) is 0 Å². The third kappa shape index (κ3) is 3.21. The van der Waals surface area contributed by atoms with Crippen LogP contribution in [0, 0.1) is 0 Å². The Balaban J connectivity index is 1.77. The molecule has 0 amide bonds. The van der Waals surface area contributed by atoms with E-state index < -0.39 is 0 Å². The molecule has 4 heteroatoms. The normalized spacial score (nSPS) is 23.2. The summed E-state index contributed by atoms with van der Waals surface area (Å²) in [6.07, 6.45) is 7.52. The zero-order chi connectivity index (χ0) is 10.7. The molecule has 3 nitrogen and oxygen atoms in total. The number of aromatic nitrogens is 2. The Morgan fingerprint density at radius 2 is 2.47 bits per heavy atom. The Morgan fingerprint density at radius 3 is 3.13 bits per heavy atom. The summed E-state index contributed by atoms with van der Waals surface area (Å²) >= 11 is 6.14. The highest BCUT2D eigenvalue weighted by molar-refractivity contribution is 6.20. The van der Waals surface area contributed by atoms with Gasteiger partial charge in [-0.25, -0.2) is 0 Å². The van der Waals surface area contributed by atoms with E-state index >= 15 is 0 Å². The average molecular weight is 228 g/mol. The number of hydrogen-bond acceptors (Lipinski definition) is 2. The van der Waals surface area contributed by atoms with Crippen molar-refractivity contribution in [3.05, 3.63) is 18.0 Å². The second-order valence-corrected chi connectivity index (χ2v) is 4.93. The first-order chi connectivity index (χ1) is 7.24. The molecule has 84 valence electrons. The van der Waals surface area contributed by atoms with Gasteiger partial charge in [0.15, 0.2) is 0 Å². The summed E-state index contributed by atoms with van der Waals surface area (Å²) in [7, 11) is 1.96. The monoisotopic (exact) mass is 227 g/mol. The number of nitrogens with zero attached hydrogens (tertiary/aromatic N) is 3. The first-order valence-corrected chi connectivity index (χ1v) is 6.01. The van der Waals surface area contributed by atoms with Gasteiger partial charge in [0.05, 0.1) is 6.20 Å². The van der Waals surface area contributed by atoms with Crippen molar-refractivity contribution in [2.75, 3.05) is 19.6 Å². The molecule has 1 aromatic rings. The number of piperidine rings is 1. The Kier molecular flexibility index (Phi) is 3.65. The highest BCUT2D eigenvalue weighted by Gasteiger charge is 2.17. The molecule has 2 heterocycles. The fraction of sp³-hybridized carbons (Fsp3) is 0.727. The van der Waals surface area contributed by atoms with Crippen LogP contribution in [0.4, 0.5) is 0 Å². The third-order valence-electron chi connectivity index (χ3n) is 2.92. The lowest BCUT2D eigenvalue weighted by molar-refractivity contribution is 0.235. The minimum Gasteiger partial charge on any atom is -0.302 e. The van der Waals surface area contributed by atoms with Gasteiger partial charge in [-0.05, 0) is 31.4 Å². The molecule has 0 saturated carbocycles. The average Bonchev–Trinajstić information content (AvgIpc) is 2.62. The van der Waals surface area contributed by atoms with E-state index in [1.165, 1.54) is 24.9 Å². The van der Waals surface area contributed by atoms with Crippen molar-refractivity contribution in [3.63, 3.8) is 0 Å². The summed E-state index contributed by atoms with van der Waals surface area (Å²) in [5, 5.41) is 4.52. The smallest absolute Gasteiger partial charge is 0.0522 e. The number of hydrogen-bond donors (Lipinski definition) is 0. The highest BCUT2D eigenvalue weighted by Crippen LogP contribution is 2.15. The fourth-order valence-corrected chi connectivity index (χ4v) is 2.44. The Labute approximate surface area is 96.0 Å². The molecule has 1 aliphatic heterocycles. The molecule has 0 radical (unpaired) electrons. The molecule has 0 spiro atoms. The predicted molar refractivity (Wildman–Crippen MR) is 62.2 cm³/mol. The molecule has 1 unspecified atom stereocenters. The summed E-state index contributed by atoms with van der Waals surface area (Å²) in [5.41, 5.74) is 1.31. The molecule has 1 atom stereocenters. The number of aryl methyl sites for hydroxylation is 1. The van der Waals surface area contributed by atoms with Crippen LogP contribution < -0.4 is 0 Å². The molecule has 0 N–H and O–H groups in total. The Hall–Kier alpha value is -0.540. The summed E-state index contributed by atoms with van der Waals surface area (Å²) < 4.78 is 1.86. The lowest BCUT2D eigenvalue weighted by Crippen LogP contribution is -2.37. The number of rotatable bonds is 3. The minimum absolute atomic E-state index is 0.354. The van der Waals surface area contributed by atoms with Gasteiger partial charge in [-0.15, -0.1) is 11.6 Å². The van der Waals surface area contributed by atoms with Crippen LogP contribution in [-0.4, -0.2) is 39.7 Å². The molecule has 1 aromatic heterocycles. The van der Waals surface area contributed by atoms with Gasteiger partial charge in [-0.1, -0.05) is 0 Å². The lowest BCUT2D eigenvalue weighted by Gasteiger charge is -2.29. The Bertz CT molecular complexity index is 311. The molecule has 0 aliphatic carbocycles. The van der Waals surface area contributed by atoms with Crippen LogP contribution in [0.25, 0.3) is 0 Å². The van der Waals surface area contributed by atoms with Crippen LogP contribution in [0.1, 0.15) is 18.4 Å². The van der Waals surface area contributed by atoms with E-state index in [9.17, 15) is 0 Å². The molecule has 1 aliphatic rings. The van der Waals surface area contributed by atoms with E-state index in [0.29, 0.717) is 5.38 Å². The molecular weight excluding hydrogens is 210 g/mol. The van der Waals surface area contributed by atoms with Gasteiger partial charge < -0.3 is 4.90 Å². The van der Waals surface area contributed by atoms with Crippen molar-refractivity contribution in [3.8, 4) is 0 Å². The zero-order valence-corrected chi connectivity index (χ0v) is 9.95. The molecule has 0 bridgehead atoms. The van der Waals surface area contributed by atoms with E-state index in [1.54, 1.807) is 0 Å². The second kappa shape index (κ2) is 4.99. The lowest BCUT2D eigenvalue weighted by atomic mass is 10.1. The van der Waals surface area contributed by atoms with Crippen LogP contribution in [0.5, 0.6) is 0 Å². The van der Waals surface area contributed by atoms with Gasteiger partial charge in [0.2, 0.25) is 0 Å². The topological polar surface area (TPSA) is 21.1 Å². The van der Waals surface area contributed by atoms with Crippen LogP contribution in [-0.2, 0) is 13.5 Å². The van der Waals surface area contributed by atoms with E-state index in [4.69, 9.17) is 11.6 Å². The summed E-state index contributed by atoms with van der Waals surface area (Å²) in [6.45, 7) is 3.35. The van der Waals surface area contributed by atoms with Gasteiger partial charge in [0, 0.05) is 31.7 Å². The van der Waals surface area contributed by atoms with E-state index in [0.717, 1.165) is 19.5 Å². The van der Waals surface area contributed by atoms with E-state index in [-0.39, 0.29) is 0 Å². The predicted octanol–water partition coefficient (Wildman–Crippen LogP) is 1.67. The number of likely N-dealkylation sites (tertiary alicyclic amines) is 1. The standard InChI is InChI=1S/C11H18ClN3/c1-14-8-10(7-13-14)4-6-15-5-2-3-11(12)9-15/h7-8,11H,2-6,9H2,1H3. The molecule has 15 heavy (non-hydrogen) atoms. The molecule has 2 rings (SSSR count). The maximum absolute atomic E-state index is 6.14. The van der Waals surface area contributed by atoms with Gasteiger partial charge in [0.1, 0.15) is 0 Å². The van der Waals surface area contributed by atoms with Crippen LogP contribution >= 0.6 is 11.6 Å². The van der Waals surface area contributed by atoms with Crippen molar-refractivity contribution in [1.82, 2.24) is 14.7 Å². The summed E-state index contributed by atoms with van der Waals surface area (Å²) in [6, 6.07) is 0. The molecule has 1 saturated heterocycles. The van der Waals surface area contributed by atoms with E-state index in [2.05, 4.69) is 16.2 Å². The van der Waals surface area contributed by atoms with Gasteiger partial charge in [-0.3, -0.25) is 4.68 Å². The zero-order valence-electron chi connectivity index (χ0n) is 9.19. The SMILES string of the molecule is Cn1cc(CCN2CCCC(Cl)C2)cn1. The minimum atomic E-state index is 0.354. The quantitative estimate of drug-likeness (QED) is 0.733. The number of halogens is 1. The van der Waals surface area contributed by atoms with Crippen LogP contribution in [0.15, 0.2) is 12.4 Å². The second-order valence-electron chi connectivity index (χ2n) is 4.31. The summed E-state index contributed by atoms with van der Waals surface area (Å²) in [5.74, 6) is 0. The number of alkyl halides is 1. The Morgan fingerprint density at radius 1 is 1.60 bits per heavy atom. The maximum atomic E-state index is 6.14. The molecular formula is C11H18ClN3. The van der Waals surface area contributed by atoms with Gasteiger partial charge in [-0.2, -0.15) is 5.10 Å². The van der Waals surface area contributed by atoms with Gasteiger partial charge >= 0.3 is 0 Å². The van der Waals surface area contributed by atoms with Crippen molar-refractivity contribution in [2.24, 2.45) is 7.05 Å². The van der Waals surface area contributed by atoms with Crippen LogP contribution in [0.2, 0.25) is 0 Å². The largest absolute Gasteiger partial charge is 0.302 e. The van der Waals surface area contributed by atoms with Crippen molar-refractivity contribution < 1.29 is 0 Å². The first kappa shape index (κ1) is 11.0. The fourth-order valence-electron chi connectivity index (χ4n) is 2.09. The molecule has 1 fully saturated rings. The third-order valence-corrected chi connectivity index (χ3v) is 3.28. The van der Waals surface area contributed by atoms with E-state index in [1.807, 2.05) is 17.9 Å². The van der Waals surface area contributed by atoms with Crippen molar-refractivity contribution in [1.29, 1.82) is 0 Å². The first-order valence-electron chi connectivity index (χ1n) is 5.58. The van der Waals surface area contributed by atoms with Crippen molar-refractivity contribution in [2.45, 2.75) is 24.6 Å². The van der Waals surface area contributed by atoms with Gasteiger partial charge in [0.25, 0.3) is 0 Å². The maximum Gasteiger partial charge on any atom is 0.0522 e. The summed E-state index contributed by atoms with van der Waals surface area (Å²) in [4.78, 5) is 2.45. The van der Waals surface area contributed by atoms with Crippen molar-refractivity contribution >= 4 is 11.6 Å². The highest BCUT2D eigenvalue weighted by atomic mass is 35.5.